The Kier molecular flexibility index (Phi) is 12.7. The third kappa shape index (κ3) is 9.72. The standard InChI is InChI=1S/C20H21BN2O3.C14H9BrN2O.C12H24B2O4/c1-19(2)20(3,4)26-21(25-19)16-12-10-15(11-13-16)18-23-22-17(24-18)14-8-6-5-7-9-14;15-12-8-6-11(7-9-12)14-17-16-13(18-14)10-4-2-1-3-5-10;1-9(2)10(3,4)16-13(15-9)14-17-11(5,6)12(7,8)18-14/h5-13H,1-4H3;1-9H;1-8H3. The van der Waals surface area contributed by atoms with Gasteiger partial charge in [-0.05, 0) is 149 Å². The predicted octanol–water partition coefficient (Wildman–Crippen LogP) is 10.1. The topological polar surface area (TPSA) is 133 Å². The number of rotatable bonds is 6. The van der Waals surface area contributed by atoms with E-state index in [2.05, 4.69) is 36.3 Å². The molecule has 0 unspecified atom stereocenters. The van der Waals surface area contributed by atoms with Crippen LogP contribution in [0.1, 0.15) is 83.1 Å². The molecule has 3 aliphatic heterocycles. The summed E-state index contributed by atoms with van der Waals surface area (Å²) in [5, 5.41) is 16.4. The summed E-state index contributed by atoms with van der Waals surface area (Å²) in [5.41, 5.74) is 2.42. The Morgan fingerprint density at radius 2 is 0.629 bits per heavy atom. The molecule has 0 bridgehead atoms. The second-order valence-corrected chi connectivity index (χ2v) is 19.4. The van der Waals surface area contributed by atoms with E-state index < -0.39 is 14.0 Å². The Balaban J connectivity index is 0.000000144. The lowest BCUT2D eigenvalue weighted by molar-refractivity contribution is 0.00578. The summed E-state index contributed by atoms with van der Waals surface area (Å²) in [5.74, 6) is 2.06. The molecule has 3 fully saturated rings. The normalized spacial score (nSPS) is 20.0. The zero-order valence-corrected chi connectivity index (χ0v) is 39.1. The van der Waals surface area contributed by atoms with Gasteiger partial charge in [0.15, 0.2) is 0 Å². The molecule has 6 aromatic rings. The maximum absolute atomic E-state index is 6.08. The van der Waals surface area contributed by atoms with E-state index in [0.717, 1.165) is 32.2 Å². The van der Waals surface area contributed by atoms with Gasteiger partial charge in [-0.15, -0.1) is 20.4 Å². The minimum absolute atomic E-state index is 0.354. The van der Waals surface area contributed by atoms with Gasteiger partial charge < -0.3 is 36.8 Å². The van der Waals surface area contributed by atoms with Gasteiger partial charge in [-0.25, -0.2) is 0 Å². The summed E-state index contributed by atoms with van der Waals surface area (Å²) in [4.78, 5) is 0. The van der Waals surface area contributed by atoms with Crippen molar-refractivity contribution in [1.29, 1.82) is 0 Å². The fraction of sp³-hybridized carbons (Fsp3) is 0.391. The molecule has 0 spiro atoms. The Bertz CT molecular complexity index is 2340. The minimum Gasteiger partial charge on any atom is -0.416 e. The molecule has 4 aromatic carbocycles. The molecule has 3 aliphatic rings. The molecule has 0 radical (unpaired) electrons. The molecule has 0 aliphatic carbocycles. The van der Waals surface area contributed by atoms with Gasteiger partial charge >= 0.3 is 21.1 Å². The summed E-state index contributed by atoms with van der Waals surface area (Å²) in [7, 11) is -1.33. The van der Waals surface area contributed by atoms with Crippen molar-refractivity contribution in [3.63, 3.8) is 0 Å². The maximum Gasteiger partial charge on any atom is 0.494 e. The number of nitrogens with zero attached hydrogens (tertiary/aromatic N) is 4. The van der Waals surface area contributed by atoms with E-state index in [9.17, 15) is 0 Å². The van der Waals surface area contributed by atoms with Crippen LogP contribution in [0.4, 0.5) is 0 Å². The molecule has 0 N–H and O–H groups in total. The van der Waals surface area contributed by atoms with Crippen molar-refractivity contribution >= 4 is 42.5 Å². The molecule has 9 rings (SSSR count). The highest BCUT2D eigenvalue weighted by Crippen LogP contribution is 2.43. The van der Waals surface area contributed by atoms with Gasteiger partial charge in [0.25, 0.3) is 0 Å². The number of hydrogen-bond donors (Lipinski definition) is 0. The second kappa shape index (κ2) is 17.3. The molecule has 16 heteroatoms. The minimum atomic E-state index is -0.476. The van der Waals surface area contributed by atoms with Crippen LogP contribution in [0, 0.1) is 0 Å². The van der Waals surface area contributed by atoms with E-state index in [1.54, 1.807) is 0 Å². The molecule has 0 amide bonds. The van der Waals surface area contributed by atoms with E-state index in [1.807, 2.05) is 192 Å². The van der Waals surface area contributed by atoms with Gasteiger partial charge in [-0.2, -0.15) is 0 Å². The van der Waals surface area contributed by atoms with Crippen molar-refractivity contribution in [2.75, 3.05) is 0 Å². The van der Waals surface area contributed by atoms with Gasteiger partial charge in [0.05, 0.1) is 33.6 Å². The Morgan fingerprint density at radius 3 is 0.952 bits per heavy atom. The first-order chi connectivity index (χ1) is 29.1. The molecular weight excluding hydrogens is 849 g/mol. The molecule has 62 heavy (non-hydrogen) atoms. The van der Waals surface area contributed by atoms with Gasteiger partial charge in [-0.3, -0.25) is 0 Å². The lowest BCUT2D eigenvalue weighted by Crippen LogP contribution is -2.41. The van der Waals surface area contributed by atoms with Crippen molar-refractivity contribution in [3.05, 3.63) is 114 Å². The molecule has 0 atom stereocenters. The molecule has 2 aromatic heterocycles. The van der Waals surface area contributed by atoms with Crippen LogP contribution in [0.5, 0.6) is 0 Å². The third-order valence-corrected chi connectivity index (χ3v) is 13.0. The maximum atomic E-state index is 6.08. The zero-order valence-electron chi connectivity index (χ0n) is 37.6. The van der Waals surface area contributed by atoms with Crippen LogP contribution in [0.15, 0.2) is 123 Å². The van der Waals surface area contributed by atoms with E-state index in [0.29, 0.717) is 23.6 Å². The molecule has 322 valence electrons. The number of halogens is 1. The lowest BCUT2D eigenvalue weighted by atomic mass is 9.49. The van der Waals surface area contributed by atoms with Crippen molar-refractivity contribution in [1.82, 2.24) is 20.4 Å². The van der Waals surface area contributed by atoms with E-state index in [1.165, 1.54) is 0 Å². The van der Waals surface area contributed by atoms with Crippen LogP contribution >= 0.6 is 15.9 Å². The fourth-order valence-corrected chi connectivity index (χ4v) is 6.69. The van der Waals surface area contributed by atoms with E-state index >= 15 is 0 Å². The molecule has 12 nitrogen and oxygen atoms in total. The Morgan fingerprint density at radius 1 is 0.355 bits per heavy atom. The van der Waals surface area contributed by atoms with Crippen molar-refractivity contribution in [2.45, 2.75) is 117 Å². The van der Waals surface area contributed by atoms with Gasteiger partial charge in [0, 0.05) is 26.7 Å². The molecule has 0 saturated carbocycles. The van der Waals surface area contributed by atoms with Gasteiger partial charge in [0.2, 0.25) is 23.6 Å². The average Bonchev–Trinajstić information content (AvgIpc) is 4.03. The highest BCUT2D eigenvalue weighted by atomic mass is 79.9. The number of hydrogen-bond acceptors (Lipinski definition) is 12. The first-order valence-corrected chi connectivity index (χ1v) is 21.6. The summed E-state index contributed by atoms with van der Waals surface area (Å²) >= 11 is 3.39. The molecule has 5 heterocycles. The predicted molar refractivity (Wildman–Crippen MR) is 246 cm³/mol. The van der Waals surface area contributed by atoms with Crippen LogP contribution in [0.25, 0.3) is 45.8 Å². The Labute approximate surface area is 374 Å². The summed E-state index contributed by atoms with van der Waals surface area (Å²) in [6, 6.07) is 35.1. The summed E-state index contributed by atoms with van der Waals surface area (Å²) < 4.78 is 48.5. The highest BCUT2D eigenvalue weighted by Gasteiger charge is 2.63. The molecule has 3 saturated heterocycles. The lowest BCUT2D eigenvalue weighted by Gasteiger charge is -2.32. The number of benzene rings is 4. The monoisotopic (exact) mass is 902 g/mol. The van der Waals surface area contributed by atoms with Crippen molar-refractivity contribution in [2.24, 2.45) is 0 Å². The molecular formula is C46H54B3BrN4O8. The van der Waals surface area contributed by atoms with Crippen LogP contribution in [-0.4, -0.2) is 75.1 Å². The van der Waals surface area contributed by atoms with Gasteiger partial charge in [-0.1, -0.05) is 64.5 Å². The SMILES string of the molecule is Brc1ccc(-c2nnc(-c3ccccc3)o2)cc1.CC1(C)OB(B2OC(C)(C)C(C)(C)O2)OC1(C)C.CC1(C)OB(c2ccc(-c3nnc(-c4ccccc4)o3)cc2)OC1(C)C. The van der Waals surface area contributed by atoms with E-state index in [-0.39, 0.29) is 40.7 Å². The first-order valence-electron chi connectivity index (χ1n) is 20.8. The van der Waals surface area contributed by atoms with Crippen LogP contribution < -0.4 is 5.46 Å². The fourth-order valence-electron chi connectivity index (χ4n) is 6.43. The van der Waals surface area contributed by atoms with Crippen molar-refractivity contribution < 1.29 is 36.8 Å². The highest BCUT2D eigenvalue weighted by molar-refractivity contribution is 9.10. The van der Waals surface area contributed by atoms with Crippen LogP contribution in [-0.2, 0) is 27.9 Å². The van der Waals surface area contributed by atoms with Gasteiger partial charge in [0.1, 0.15) is 0 Å². The van der Waals surface area contributed by atoms with E-state index in [4.69, 9.17) is 36.8 Å². The largest absolute Gasteiger partial charge is 0.494 e. The summed E-state index contributed by atoms with van der Waals surface area (Å²) in [6.07, 6.45) is 0. The first kappa shape index (κ1) is 45.6. The summed E-state index contributed by atoms with van der Waals surface area (Å²) in [6.45, 7) is 24.4. The van der Waals surface area contributed by atoms with Crippen LogP contribution in [0.3, 0.4) is 0 Å². The number of aromatic nitrogens is 4. The average molecular weight is 903 g/mol. The zero-order chi connectivity index (χ0) is 44.7. The Hall–Kier alpha value is -4.41. The quantitative estimate of drug-likeness (QED) is 0.147. The van der Waals surface area contributed by atoms with Crippen molar-refractivity contribution in [3.8, 4) is 45.8 Å². The van der Waals surface area contributed by atoms with Crippen LogP contribution in [0.2, 0.25) is 0 Å². The smallest absolute Gasteiger partial charge is 0.416 e. The third-order valence-electron chi connectivity index (χ3n) is 12.4. The second-order valence-electron chi connectivity index (χ2n) is 18.5.